The topological polar surface area (TPSA) is 83.0 Å². The summed E-state index contributed by atoms with van der Waals surface area (Å²) in [4.78, 5) is 33.4. The molecule has 4 rings (SSSR count). The molecule has 0 unspecified atom stereocenters. The highest BCUT2D eigenvalue weighted by Crippen LogP contribution is 2.39. The fraction of sp³-hybridized carbons (Fsp3) is 0.318. The average Bonchev–Trinajstić information content (AvgIpc) is 3.04. The zero-order valence-electron chi connectivity index (χ0n) is 16.3. The highest BCUT2D eigenvalue weighted by molar-refractivity contribution is 6.46. The molecule has 0 spiro atoms. The van der Waals surface area contributed by atoms with E-state index in [0.717, 1.165) is 13.1 Å². The van der Waals surface area contributed by atoms with Gasteiger partial charge in [-0.3, -0.25) is 19.5 Å². The van der Waals surface area contributed by atoms with E-state index in [0.29, 0.717) is 31.9 Å². The van der Waals surface area contributed by atoms with Gasteiger partial charge in [0, 0.05) is 44.1 Å². The number of carbonyl (C=O) groups is 2. The van der Waals surface area contributed by atoms with E-state index in [9.17, 15) is 19.1 Å². The maximum absolute atomic E-state index is 13.3. The molecule has 30 heavy (non-hydrogen) atoms. The maximum Gasteiger partial charge on any atom is 0.295 e. The Labute approximate surface area is 173 Å². The van der Waals surface area contributed by atoms with Crippen LogP contribution >= 0.6 is 0 Å². The van der Waals surface area contributed by atoms with Crippen LogP contribution in [0, 0.1) is 5.82 Å². The van der Waals surface area contributed by atoms with Crippen molar-refractivity contribution in [1.29, 1.82) is 0 Å². The van der Waals surface area contributed by atoms with Crippen molar-refractivity contribution in [2.75, 3.05) is 39.4 Å². The van der Waals surface area contributed by atoms with E-state index in [1.165, 1.54) is 29.2 Å². The molecule has 1 N–H and O–H groups in total. The third kappa shape index (κ3) is 3.96. The molecule has 1 amide bonds. The quantitative estimate of drug-likeness (QED) is 0.460. The van der Waals surface area contributed by atoms with E-state index in [-0.39, 0.29) is 16.9 Å². The van der Waals surface area contributed by atoms with E-state index in [1.807, 2.05) is 0 Å². The van der Waals surface area contributed by atoms with Gasteiger partial charge in [0.25, 0.3) is 11.7 Å². The summed E-state index contributed by atoms with van der Waals surface area (Å²) in [6, 6.07) is 7.87. The predicted octanol–water partition coefficient (Wildman–Crippen LogP) is 1.97. The van der Waals surface area contributed by atoms with E-state index >= 15 is 0 Å². The van der Waals surface area contributed by atoms with Gasteiger partial charge in [0.15, 0.2) is 0 Å². The zero-order valence-corrected chi connectivity index (χ0v) is 16.3. The molecule has 0 radical (unpaired) electrons. The lowest BCUT2D eigenvalue weighted by atomic mass is 9.96. The summed E-state index contributed by atoms with van der Waals surface area (Å²) in [6.45, 7) is 3.72. The van der Waals surface area contributed by atoms with E-state index in [1.54, 1.807) is 24.5 Å². The Hall–Kier alpha value is -3.10. The molecule has 1 aromatic carbocycles. The number of ether oxygens (including phenoxy) is 1. The largest absolute Gasteiger partial charge is 0.507 e. The fourth-order valence-corrected chi connectivity index (χ4v) is 3.84. The number of hydrogen-bond donors (Lipinski definition) is 1. The first kappa shape index (κ1) is 20.2. The van der Waals surface area contributed by atoms with Crippen molar-refractivity contribution < 1.29 is 23.8 Å². The standard InChI is InChI=1S/C22H22FN3O4/c23-17-3-1-16(2-4-17)20(27)18-19(15-5-7-24-8-6-15)26(22(29)21(18)28)10-9-25-11-13-30-14-12-25/h1-8,19,27H,9-14H2/t19-/m0/s1. The lowest BCUT2D eigenvalue weighted by molar-refractivity contribution is -0.140. The molecule has 0 bridgehead atoms. The second kappa shape index (κ2) is 8.73. The normalized spacial score (nSPS) is 21.9. The highest BCUT2D eigenvalue weighted by Gasteiger charge is 2.46. The van der Waals surface area contributed by atoms with Crippen LogP contribution in [-0.4, -0.2) is 71.0 Å². The number of halogens is 1. The number of hydrogen-bond acceptors (Lipinski definition) is 6. The number of nitrogens with zero attached hydrogens (tertiary/aromatic N) is 3. The van der Waals surface area contributed by atoms with E-state index in [2.05, 4.69) is 9.88 Å². The Balaban J connectivity index is 1.71. The van der Waals surface area contributed by atoms with Gasteiger partial charge in [0.1, 0.15) is 11.6 Å². The van der Waals surface area contributed by atoms with Gasteiger partial charge in [-0.1, -0.05) is 0 Å². The van der Waals surface area contributed by atoms with Crippen molar-refractivity contribution in [2.45, 2.75) is 6.04 Å². The van der Waals surface area contributed by atoms with Gasteiger partial charge in [-0.05, 0) is 42.0 Å². The molecule has 2 aliphatic rings. The summed E-state index contributed by atoms with van der Waals surface area (Å²) < 4.78 is 18.7. The van der Waals surface area contributed by atoms with Crippen molar-refractivity contribution in [3.8, 4) is 0 Å². The van der Waals surface area contributed by atoms with Crippen LogP contribution in [0.25, 0.3) is 5.76 Å². The Morgan fingerprint density at radius 3 is 2.40 bits per heavy atom. The summed E-state index contributed by atoms with van der Waals surface area (Å²) in [5.41, 5.74) is 0.955. The summed E-state index contributed by atoms with van der Waals surface area (Å²) in [7, 11) is 0. The van der Waals surface area contributed by atoms with E-state index < -0.39 is 23.5 Å². The Kier molecular flexibility index (Phi) is 5.87. The van der Waals surface area contributed by atoms with Crippen molar-refractivity contribution >= 4 is 17.4 Å². The molecule has 1 atom stereocenters. The molecule has 0 saturated carbocycles. The molecule has 2 saturated heterocycles. The molecule has 8 heteroatoms. The summed E-state index contributed by atoms with van der Waals surface area (Å²) >= 11 is 0. The number of pyridine rings is 1. The molecule has 2 aliphatic heterocycles. The number of benzene rings is 1. The third-order valence-electron chi connectivity index (χ3n) is 5.44. The lowest BCUT2D eigenvalue weighted by Crippen LogP contribution is -2.42. The van der Waals surface area contributed by atoms with Crippen LogP contribution in [0.4, 0.5) is 4.39 Å². The first-order chi connectivity index (χ1) is 14.6. The van der Waals surface area contributed by atoms with Gasteiger partial charge >= 0.3 is 0 Å². The minimum absolute atomic E-state index is 0.000198. The molecular weight excluding hydrogens is 389 g/mol. The molecule has 3 heterocycles. The van der Waals surface area contributed by atoms with Crippen LogP contribution in [0.15, 0.2) is 54.4 Å². The highest BCUT2D eigenvalue weighted by atomic mass is 19.1. The van der Waals surface area contributed by atoms with Crippen LogP contribution in [0.1, 0.15) is 17.2 Å². The van der Waals surface area contributed by atoms with Crippen molar-refractivity contribution in [1.82, 2.24) is 14.8 Å². The number of likely N-dealkylation sites (tertiary alicyclic amines) is 1. The van der Waals surface area contributed by atoms with Gasteiger partial charge in [0.05, 0.1) is 24.8 Å². The Morgan fingerprint density at radius 1 is 1.07 bits per heavy atom. The molecule has 2 fully saturated rings. The smallest absolute Gasteiger partial charge is 0.295 e. The number of ketones is 1. The molecular formula is C22H22FN3O4. The zero-order chi connectivity index (χ0) is 21.1. The Morgan fingerprint density at radius 2 is 1.73 bits per heavy atom. The Bertz CT molecular complexity index is 956. The average molecular weight is 411 g/mol. The van der Waals surface area contributed by atoms with Gasteiger partial charge < -0.3 is 14.7 Å². The molecule has 2 aromatic rings. The van der Waals surface area contributed by atoms with Gasteiger partial charge in [-0.2, -0.15) is 0 Å². The number of aliphatic hydroxyl groups is 1. The maximum atomic E-state index is 13.3. The van der Waals surface area contributed by atoms with Crippen LogP contribution in [0.3, 0.4) is 0 Å². The van der Waals surface area contributed by atoms with Crippen molar-refractivity contribution in [3.63, 3.8) is 0 Å². The minimum Gasteiger partial charge on any atom is -0.507 e. The van der Waals surface area contributed by atoms with Crippen LogP contribution < -0.4 is 0 Å². The van der Waals surface area contributed by atoms with Crippen LogP contribution in [0.5, 0.6) is 0 Å². The number of morpholine rings is 1. The second-order valence-electron chi connectivity index (χ2n) is 7.23. The van der Waals surface area contributed by atoms with Crippen LogP contribution in [0.2, 0.25) is 0 Å². The van der Waals surface area contributed by atoms with Gasteiger partial charge in [0.2, 0.25) is 0 Å². The van der Waals surface area contributed by atoms with Crippen molar-refractivity contribution in [2.24, 2.45) is 0 Å². The summed E-state index contributed by atoms with van der Waals surface area (Å²) in [5, 5.41) is 10.9. The fourth-order valence-electron chi connectivity index (χ4n) is 3.84. The first-order valence-electron chi connectivity index (χ1n) is 9.80. The molecule has 1 aromatic heterocycles. The molecule has 7 nitrogen and oxygen atoms in total. The second-order valence-corrected chi connectivity index (χ2v) is 7.23. The number of amides is 1. The number of aliphatic hydroxyl groups excluding tert-OH is 1. The lowest BCUT2D eigenvalue weighted by Gasteiger charge is -2.30. The number of carbonyl (C=O) groups excluding carboxylic acids is 2. The minimum atomic E-state index is -0.749. The third-order valence-corrected chi connectivity index (χ3v) is 5.44. The van der Waals surface area contributed by atoms with Gasteiger partial charge in [-0.25, -0.2) is 4.39 Å². The number of Topliss-reactive ketones (excluding diaryl/α,β-unsaturated/α-hetero) is 1. The molecule has 0 aliphatic carbocycles. The van der Waals surface area contributed by atoms with E-state index in [4.69, 9.17) is 4.74 Å². The number of rotatable bonds is 5. The predicted molar refractivity (Wildman–Crippen MR) is 107 cm³/mol. The van der Waals surface area contributed by atoms with Crippen molar-refractivity contribution in [3.05, 3.63) is 71.3 Å². The monoisotopic (exact) mass is 411 g/mol. The SMILES string of the molecule is O=C1C(=O)N(CCN2CCOCC2)[C@@H](c2ccncc2)C1=C(O)c1ccc(F)cc1. The van der Waals surface area contributed by atoms with Crippen LogP contribution in [-0.2, 0) is 14.3 Å². The summed E-state index contributed by atoms with van der Waals surface area (Å²) in [5.74, 6) is -2.18. The number of aromatic nitrogens is 1. The summed E-state index contributed by atoms with van der Waals surface area (Å²) in [6.07, 6.45) is 3.16. The first-order valence-corrected chi connectivity index (χ1v) is 9.80. The molecule has 156 valence electrons. The van der Waals surface area contributed by atoms with Gasteiger partial charge in [-0.15, -0.1) is 0 Å².